The third kappa shape index (κ3) is 6.92. The fourth-order valence-corrected chi connectivity index (χ4v) is 1.72. The van der Waals surface area contributed by atoms with E-state index in [-0.39, 0.29) is 24.1 Å². The SMILES string of the molecule is NCc1cccc(NC(=O)NCCSC(F)(F)F)c1. The van der Waals surface area contributed by atoms with E-state index in [1.165, 1.54) is 0 Å². The van der Waals surface area contributed by atoms with Crippen molar-refractivity contribution in [3.05, 3.63) is 29.8 Å². The summed E-state index contributed by atoms with van der Waals surface area (Å²) in [5.74, 6) is -0.222. The molecule has 0 bridgehead atoms. The quantitative estimate of drug-likeness (QED) is 0.731. The number of urea groups is 1. The predicted molar refractivity (Wildman–Crippen MR) is 69.9 cm³/mol. The second-order valence-corrected chi connectivity index (χ2v) is 4.74. The molecule has 1 aromatic rings. The average molecular weight is 293 g/mol. The summed E-state index contributed by atoms with van der Waals surface area (Å²) in [6.45, 7) is 0.284. The minimum atomic E-state index is -4.27. The molecule has 0 unspecified atom stereocenters. The van der Waals surface area contributed by atoms with Gasteiger partial charge >= 0.3 is 11.5 Å². The highest BCUT2D eigenvalue weighted by molar-refractivity contribution is 8.00. The number of carbonyl (C=O) groups is 1. The van der Waals surface area contributed by atoms with Crippen LogP contribution in [0.15, 0.2) is 24.3 Å². The molecule has 0 atom stereocenters. The maximum Gasteiger partial charge on any atom is 0.441 e. The van der Waals surface area contributed by atoms with Crippen molar-refractivity contribution in [2.24, 2.45) is 5.73 Å². The third-order valence-electron chi connectivity index (χ3n) is 2.07. The van der Waals surface area contributed by atoms with Gasteiger partial charge in [-0.2, -0.15) is 13.2 Å². The lowest BCUT2D eigenvalue weighted by Gasteiger charge is -2.09. The smallest absolute Gasteiger partial charge is 0.337 e. The first-order valence-electron chi connectivity index (χ1n) is 5.45. The summed E-state index contributed by atoms with van der Waals surface area (Å²) in [6, 6.07) is 6.37. The second-order valence-electron chi connectivity index (χ2n) is 3.58. The van der Waals surface area contributed by atoms with Crippen LogP contribution < -0.4 is 16.4 Å². The first-order valence-corrected chi connectivity index (χ1v) is 6.44. The number of rotatable bonds is 5. The van der Waals surface area contributed by atoms with Crippen molar-refractivity contribution in [2.45, 2.75) is 12.1 Å². The second kappa shape index (κ2) is 7.25. The zero-order valence-corrected chi connectivity index (χ0v) is 10.8. The molecule has 0 saturated heterocycles. The van der Waals surface area contributed by atoms with E-state index in [9.17, 15) is 18.0 Å². The molecule has 106 valence electrons. The van der Waals surface area contributed by atoms with Gasteiger partial charge in [0.05, 0.1) is 0 Å². The van der Waals surface area contributed by atoms with Gasteiger partial charge in [0, 0.05) is 24.5 Å². The number of hydrogen-bond acceptors (Lipinski definition) is 3. The summed E-state index contributed by atoms with van der Waals surface area (Å²) in [5.41, 5.74) is 2.58. The Bertz CT molecular complexity index is 426. The monoisotopic (exact) mass is 293 g/mol. The Morgan fingerprint density at radius 2 is 2.11 bits per heavy atom. The van der Waals surface area contributed by atoms with Gasteiger partial charge < -0.3 is 16.4 Å². The van der Waals surface area contributed by atoms with E-state index >= 15 is 0 Å². The molecule has 0 aliphatic carbocycles. The van der Waals surface area contributed by atoms with Gasteiger partial charge in [-0.15, -0.1) is 0 Å². The number of anilines is 1. The predicted octanol–water partition coefficient (Wildman–Crippen LogP) is 2.52. The fraction of sp³-hybridized carbons (Fsp3) is 0.364. The van der Waals surface area contributed by atoms with E-state index in [0.29, 0.717) is 12.2 Å². The number of benzene rings is 1. The van der Waals surface area contributed by atoms with E-state index in [0.717, 1.165) is 5.56 Å². The summed E-state index contributed by atoms with van der Waals surface area (Å²) in [5, 5.41) is 4.86. The average Bonchev–Trinajstić information content (AvgIpc) is 2.34. The number of alkyl halides is 3. The minimum absolute atomic E-state index is 0.0629. The highest BCUT2D eigenvalue weighted by Crippen LogP contribution is 2.29. The van der Waals surface area contributed by atoms with E-state index in [4.69, 9.17) is 5.73 Å². The summed E-state index contributed by atoms with van der Waals surface area (Å²) in [4.78, 5) is 11.4. The van der Waals surface area contributed by atoms with E-state index in [2.05, 4.69) is 10.6 Å². The number of nitrogens with one attached hydrogen (secondary N) is 2. The summed E-state index contributed by atoms with van der Waals surface area (Å²) >= 11 is -0.171. The molecule has 8 heteroatoms. The Labute approximate surface area is 112 Å². The molecular weight excluding hydrogens is 279 g/mol. The molecule has 0 heterocycles. The molecular formula is C11H14F3N3OS. The molecule has 2 amide bonds. The maximum absolute atomic E-state index is 11.8. The molecule has 0 fully saturated rings. The van der Waals surface area contributed by atoms with Crippen molar-refractivity contribution in [3.8, 4) is 0 Å². The standard InChI is InChI=1S/C11H14F3N3OS/c12-11(13,14)19-5-4-16-10(18)17-9-3-1-2-8(6-9)7-15/h1-3,6H,4-5,7,15H2,(H2,16,17,18). The molecule has 0 spiro atoms. The van der Waals surface area contributed by atoms with E-state index in [1.807, 2.05) is 6.07 Å². The summed E-state index contributed by atoms with van der Waals surface area (Å²) in [7, 11) is 0. The lowest BCUT2D eigenvalue weighted by molar-refractivity contribution is -0.0327. The van der Waals surface area contributed by atoms with Gasteiger partial charge in [0.1, 0.15) is 0 Å². The van der Waals surface area contributed by atoms with Crippen LogP contribution in [0.1, 0.15) is 5.56 Å². The maximum atomic E-state index is 11.8. The number of thioether (sulfide) groups is 1. The van der Waals surface area contributed by atoms with Crippen molar-refractivity contribution < 1.29 is 18.0 Å². The largest absolute Gasteiger partial charge is 0.441 e. The topological polar surface area (TPSA) is 67.1 Å². The van der Waals surface area contributed by atoms with Gasteiger partial charge in [-0.3, -0.25) is 0 Å². The molecule has 0 aliphatic heterocycles. The summed E-state index contributed by atoms with van der Waals surface area (Å²) < 4.78 is 35.5. The molecule has 1 aromatic carbocycles. The first kappa shape index (κ1) is 15.6. The molecule has 0 aromatic heterocycles. The van der Waals surface area contributed by atoms with Gasteiger partial charge in [0.15, 0.2) is 0 Å². The van der Waals surface area contributed by atoms with Crippen LogP contribution in [0, 0.1) is 0 Å². The van der Waals surface area contributed by atoms with Gasteiger partial charge in [0.2, 0.25) is 0 Å². The van der Waals surface area contributed by atoms with Crippen molar-refractivity contribution in [2.75, 3.05) is 17.6 Å². The van der Waals surface area contributed by atoms with Crippen molar-refractivity contribution in [1.29, 1.82) is 0 Å². The Morgan fingerprint density at radius 1 is 1.37 bits per heavy atom. The van der Waals surface area contributed by atoms with Gasteiger partial charge in [-0.25, -0.2) is 4.79 Å². The zero-order chi connectivity index (χ0) is 14.3. The summed E-state index contributed by atoms with van der Waals surface area (Å²) in [6.07, 6.45) is 0. The minimum Gasteiger partial charge on any atom is -0.337 e. The normalized spacial score (nSPS) is 11.2. The van der Waals surface area contributed by atoms with Crippen molar-refractivity contribution in [1.82, 2.24) is 5.32 Å². The van der Waals surface area contributed by atoms with Crippen LogP contribution in [0.2, 0.25) is 0 Å². The van der Waals surface area contributed by atoms with Crippen LogP contribution in [0.3, 0.4) is 0 Å². The molecule has 0 aliphatic rings. The van der Waals surface area contributed by atoms with Crippen LogP contribution >= 0.6 is 11.8 Å². The highest BCUT2D eigenvalue weighted by Gasteiger charge is 2.27. The first-order chi connectivity index (χ1) is 8.90. The number of hydrogen-bond donors (Lipinski definition) is 3. The van der Waals surface area contributed by atoms with Crippen LogP contribution in [0.25, 0.3) is 0 Å². The number of amides is 2. The molecule has 19 heavy (non-hydrogen) atoms. The highest BCUT2D eigenvalue weighted by atomic mass is 32.2. The Hall–Kier alpha value is -1.41. The number of halogens is 3. The van der Waals surface area contributed by atoms with Crippen LogP contribution in [-0.4, -0.2) is 23.8 Å². The third-order valence-corrected chi connectivity index (χ3v) is 2.81. The fourth-order valence-electron chi connectivity index (χ4n) is 1.28. The molecule has 0 saturated carbocycles. The van der Waals surface area contributed by atoms with E-state index in [1.54, 1.807) is 18.2 Å². The Morgan fingerprint density at radius 3 is 2.74 bits per heavy atom. The molecule has 4 N–H and O–H groups in total. The lowest BCUT2D eigenvalue weighted by Crippen LogP contribution is -2.31. The number of carbonyl (C=O) groups excluding carboxylic acids is 1. The Kier molecular flexibility index (Phi) is 5.97. The molecule has 1 rings (SSSR count). The zero-order valence-electron chi connectivity index (χ0n) is 9.96. The lowest BCUT2D eigenvalue weighted by atomic mass is 10.2. The van der Waals surface area contributed by atoms with Gasteiger partial charge in [-0.05, 0) is 29.5 Å². The Balaban J connectivity index is 2.31. The van der Waals surface area contributed by atoms with Crippen molar-refractivity contribution >= 4 is 23.5 Å². The van der Waals surface area contributed by atoms with Gasteiger partial charge in [0.25, 0.3) is 0 Å². The van der Waals surface area contributed by atoms with Gasteiger partial charge in [-0.1, -0.05) is 12.1 Å². The van der Waals surface area contributed by atoms with Crippen molar-refractivity contribution in [3.63, 3.8) is 0 Å². The number of nitrogens with two attached hydrogens (primary N) is 1. The molecule has 0 radical (unpaired) electrons. The van der Waals surface area contributed by atoms with E-state index < -0.39 is 11.5 Å². The van der Waals surface area contributed by atoms with Crippen LogP contribution in [-0.2, 0) is 6.54 Å². The molecule has 4 nitrogen and oxygen atoms in total. The van der Waals surface area contributed by atoms with Crippen LogP contribution in [0.5, 0.6) is 0 Å². The van der Waals surface area contributed by atoms with Crippen LogP contribution in [0.4, 0.5) is 23.7 Å².